The van der Waals surface area contributed by atoms with E-state index in [0.29, 0.717) is 17.6 Å². The molecule has 0 aliphatic heterocycles. The van der Waals surface area contributed by atoms with Crippen LogP contribution in [0.2, 0.25) is 0 Å². The van der Waals surface area contributed by atoms with Gasteiger partial charge in [0.2, 0.25) is 0 Å². The predicted molar refractivity (Wildman–Crippen MR) is 79.0 cm³/mol. The first-order valence-corrected chi connectivity index (χ1v) is 7.71. The summed E-state index contributed by atoms with van der Waals surface area (Å²) in [6.45, 7) is 0. The summed E-state index contributed by atoms with van der Waals surface area (Å²) < 4.78 is 5.34. The second-order valence-electron chi connectivity index (χ2n) is 5.63. The molecule has 0 spiro atoms. The van der Waals surface area contributed by atoms with Crippen LogP contribution in [0.15, 0.2) is 9.90 Å². The van der Waals surface area contributed by atoms with Crippen molar-refractivity contribution in [2.45, 2.75) is 50.0 Å². The highest BCUT2D eigenvalue weighted by Gasteiger charge is 2.36. The van der Waals surface area contributed by atoms with E-state index in [0.717, 1.165) is 31.4 Å². The summed E-state index contributed by atoms with van der Waals surface area (Å²) in [7, 11) is 0. The van der Waals surface area contributed by atoms with Crippen LogP contribution in [-0.2, 0) is 5.54 Å². The van der Waals surface area contributed by atoms with Gasteiger partial charge < -0.3 is 10.3 Å². The van der Waals surface area contributed by atoms with Gasteiger partial charge in [-0.2, -0.15) is 4.98 Å². The second kappa shape index (κ2) is 5.09. The summed E-state index contributed by atoms with van der Waals surface area (Å²) in [5.74, 6) is 1.81. The van der Waals surface area contributed by atoms with Gasteiger partial charge in [-0.3, -0.25) is 0 Å². The molecule has 2 aliphatic rings. The van der Waals surface area contributed by atoms with Crippen molar-refractivity contribution in [1.29, 1.82) is 0 Å². The zero-order valence-electron chi connectivity index (χ0n) is 11.0. The molecule has 0 unspecified atom stereocenters. The number of halogens is 1. The van der Waals surface area contributed by atoms with Gasteiger partial charge in [0.05, 0.1) is 10.5 Å². The van der Waals surface area contributed by atoms with Gasteiger partial charge in [-0.1, -0.05) is 18.0 Å². The summed E-state index contributed by atoms with van der Waals surface area (Å²) in [5.41, 5.74) is 6.74. The molecule has 2 aliphatic carbocycles. The van der Waals surface area contributed by atoms with Gasteiger partial charge in [0.25, 0.3) is 5.89 Å². The van der Waals surface area contributed by atoms with Crippen molar-refractivity contribution in [3.05, 3.63) is 16.2 Å². The lowest BCUT2D eigenvalue weighted by atomic mass is 9.99. The molecule has 2 heterocycles. The summed E-state index contributed by atoms with van der Waals surface area (Å²) in [5, 5.41) is 7.27. The van der Waals surface area contributed by atoms with Crippen molar-refractivity contribution >= 4 is 23.7 Å². The first-order valence-electron chi connectivity index (χ1n) is 6.83. The van der Waals surface area contributed by atoms with Gasteiger partial charge in [0.1, 0.15) is 5.69 Å². The lowest BCUT2D eigenvalue weighted by Crippen LogP contribution is -2.34. The Morgan fingerprint density at radius 2 is 2.00 bits per heavy atom. The molecule has 2 N–H and O–H groups in total. The fourth-order valence-corrected chi connectivity index (χ4v) is 3.63. The Labute approximate surface area is 127 Å². The van der Waals surface area contributed by atoms with Crippen molar-refractivity contribution in [3.8, 4) is 11.6 Å². The third kappa shape index (κ3) is 2.36. The molecule has 4 rings (SSSR count). The average Bonchev–Trinajstić information content (AvgIpc) is 2.89. The molecule has 2 aromatic rings. The molecule has 0 amide bonds. The maximum atomic E-state index is 6.33. The lowest BCUT2D eigenvalue weighted by molar-refractivity contribution is 0.372. The van der Waals surface area contributed by atoms with Crippen molar-refractivity contribution in [1.82, 2.24) is 15.1 Å². The SMILES string of the molecule is Cl.NC1(c2noc(-c3csc(C4CC4)n3)n2)CCCC1. The Morgan fingerprint density at radius 1 is 1.25 bits per heavy atom. The monoisotopic (exact) mass is 312 g/mol. The van der Waals surface area contributed by atoms with Crippen LogP contribution in [0.25, 0.3) is 11.6 Å². The Balaban J connectivity index is 0.00000121. The van der Waals surface area contributed by atoms with E-state index in [4.69, 9.17) is 10.3 Å². The number of nitrogens with two attached hydrogens (primary N) is 1. The number of hydrogen-bond donors (Lipinski definition) is 1. The summed E-state index contributed by atoms with van der Waals surface area (Å²) in [6.07, 6.45) is 6.68. The number of hydrogen-bond acceptors (Lipinski definition) is 6. The Kier molecular flexibility index (Phi) is 3.56. The zero-order valence-corrected chi connectivity index (χ0v) is 12.7. The maximum absolute atomic E-state index is 6.33. The van der Waals surface area contributed by atoms with Gasteiger partial charge in [0.15, 0.2) is 5.82 Å². The fourth-order valence-electron chi connectivity index (χ4n) is 2.66. The van der Waals surface area contributed by atoms with Crippen molar-refractivity contribution < 1.29 is 4.52 Å². The molecular formula is C13H17ClN4OS. The normalized spacial score (nSPS) is 20.9. The highest BCUT2D eigenvalue weighted by atomic mass is 35.5. The zero-order chi connectivity index (χ0) is 12.9. The van der Waals surface area contributed by atoms with E-state index in [2.05, 4.69) is 15.1 Å². The van der Waals surface area contributed by atoms with Gasteiger partial charge in [0, 0.05) is 11.3 Å². The minimum atomic E-state index is -0.392. The summed E-state index contributed by atoms with van der Waals surface area (Å²) in [6, 6.07) is 0. The molecule has 20 heavy (non-hydrogen) atoms. The third-order valence-electron chi connectivity index (χ3n) is 4.03. The smallest absolute Gasteiger partial charge is 0.277 e. The second-order valence-corrected chi connectivity index (χ2v) is 6.52. The number of nitrogens with zero attached hydrogens (tertiary/aromatic N) is 3. The molecule has 2 aromatic heterocycles. The number of aromatic nitrogens is 3. The van der Waals surface area contributed by atoms with Gasteiger partial charge in [-0.15, -0.1) is 23.7 Å². The molecule has 2 saturated carbocycles. The number of rotatable bonds is 3. The van der Waals surface area contributed by atoms with E-state index in [9.17, 15) is 0 Å². The molecule has 0 saturated heterocycles. The molecule has 5 nitrogen and oxygen atoms in total. The van der Waals surface area contributed by atoms with Crippen LogP contribution in [0.5, 0.6) is 0 Å². The van der Waals surface area contributed by atoms with Crippen LogP contribution < -0.4 is 5.73 Å². The standard InChI is InChI=1S/C13H16N4OS.ClH/c14-13(5-1-2-6-13)12-16-10(18-17-12)9-7-19-11(15-9)8-3-4-8;/h7-8H,1-6,14H2;1H. The van der Waals surface area contributed by atoms with Gasteiger partial charge in [-0.05, 0) is 25.7 Å². The fraction of sp³-hybridized carbons (Fsp3) is 0.615. The highest BCUT2D eigenvalue weighted by molar-refractivity contribution is 7.10. The van der Waals surface area contributed by atoms with Crippen molar-refractivity contribution in [2.24, 2.45) is 5.73 Å². The van der Waals surface area contributed by atoms with Crippen LogP contribution in [-0.4, -0.2) is 15.1 Å². The molecule has 2 fully saturated rings. The summed E-state index contributed by atoms with van der Waals surface area (Å²) >= 11 is 1.69. The Hall–Kier alpha value is -0.980. The molecule has 0 radical (unpaired) electrons. The van der Waals surface area contributed by atoms with E-state index in [1.54, 1.807) is 11.3 Å². The van der Waals surface area contributed by atoms with Crippen LogP contribution in [0, 0.1) is 0 Å². The van der Waals surface area contributed by atoms with Gasteiger partial charge in [-0.25, -0.2) is 4.98 Å². The molecular weight excluding hydrogens is 296 g/mol. The minimum Gasteiger partial charge on any atom is -0.332 e. The maximum Gasteiger partial charge on any atom is 0.277 e. The van der Waals surface area contributed by atoms with Crippen LogP contribution in [0.4, 0.5) is 0 Å². The predicted octanol–water partition coefficient (Wildman–Crippen LogP) is 3.22. The van der Waals surface area contributed by atoms with E-state index in [1.807, 2.05) is 5.38 Å². The Bertz CT molecular complexity index is 601. The molecule has 108 valence electrons. The molecule has 0 atom stereocenters. The van der Waals surface area contributed by atoms with Crippen LogP contribution in [0.1, 0.15) is 55.3 Å². The summed E-state index contributed by atoms with van der Waals surface area (Å²) in [4.78, 5) is 9.06. The topological polar surface area (TPSA) is 77.8 Å². The van der Waals surface area contributed by atoms with E-state index in [1.165, 1.54) is 17.8 Å². The van der Waals surface area contributed by atoms with Crippen LogP contribution in [0.3, 0.4) is 0 Å². The van der Waals surface area contributed by atoms with Crippen LogP contribution >= 0.6 is 23.7 Å². The Morgan fingerprint density at radius 3 is 2.70 bits per heavy atom. The molecule has 0 bridgehead atoms. The number of thiazole rings is 1. The molecule has 7 heteroatoms. The van der Waals surface area contributed by atoms with Crippen molar-refractivity contribution in [3.63, 3.8) is 0 Å². The van der Waals surface area contributed by atoms with Gasteiger partial charge >= 0.3 is 0 Å². The first kappa shape index (κ1) is 14.0. The largest absolute Gasteiger partial charge is 0.332 e. The van der Waals surface area contributed by atoms with Crippen molar-refractivity contribution in [2.75, 3.05) is 0 Å². The van der Waals surface area contributed by atoms with E-state index in [-0.39, 0.29) is 12.4 Å². The quantitative estimate of drug-likeness (QED) is 0.941. The van der Waals surface area contributed by atoms with E-state index >= 15 is 0 Å². The third-order valence-corrected chi connectivity index (χ3v) is 5.04. The average molecular weight is 313 g/mol. The lowest BCUT2D eigenvalue weighted by Gasteiger charge is -2.17. The van der Waals surface area contributed by atoms with E-state index < -0.39 is 5.54 Å². The molecule has 0 aromatic carbocycles. The first-order chi connectivity index (χ1) is 9.24. The highest BCUT2D eigenvalue weighted by Crippen LogP contribution is 2.42. The minimum absolute atomic E-state index is 0.